The van der Waals surface area contributed by atoms with Gasteiger partial charge in [-0.3, -0.25) is 4.79 Å². The number of allylic oxidation sites excluding steroid dienone is 1. The van der Waals surface area contributed by atoms with E-state index < -0.39 is 29.3 Å². The van der Waals surface area contributed by atoms with Gasteiger partial charge >= 0.3 is 5.97 Å². The predicted octanol–water partition coefficient (Wildman–Crippen LogP) is 7.87. The molecule has 0 aliphatic carbocycles. The molecule has 232 valence electrons. The lowest BCUT2D eigenvalue weighted by atomic mass is 9.82. The van der Waals surface area contributed by atoms with Gasteiger partial charge in [0.15, 0.2) is 17.7 Å². The van der Waals surface area contributed by atoms with Gasteiger partial charge in [0, 0.05) is 29.8 Å². The van der Waals surface area contributed by atoms with Crippen molar-refractivity contribution in [2.24, 2.45) is 0 Å². The summed E-state index contributed by atoms with van der Waals surface area (Å²) in [5.41, 5.74) is 7.23. The predicted molar refractivity (Wildman–Crippen MR) is 166 cm³/mol. The number of ether oxygens (including phenoxy) is 2. The van der Waals surface area contributed by atoms with Crippen molar-refractivity contribution in [3.05, 3.63) is 97.6 Å². The second-order valence-corrected chi connectivity index (χ2v) is 12.8. The van der Waals surface area contributed by atoms with Crippen molar-refractivity contribution in [3.8, 4) is 5.75 Å². The highest BCUT2D eigenvalue weighted by molar-refractivity contribution is 5.95. The van der Waals surface area contributed by atoms with Gasteiger partial charge in [-0.1, -0.05) is 12.1 Å². The van der Waals surface area contributed by atoms with Crippen LogP contribution in [0.4, 0.5) is 8.78 Å². The lowest BCUT2D eigenvalue weighted by molar-refractivity contribution is -0.160. The van der Waals surface area contributed by atoms with Gasteiger partial charge in [-0.2, -0.15) is 0 Å². The summed E-state index contributed by atoms with van der Waals surface area (Å²) in [6.45, 7) is 14.1. The Morgan fingerprint density at radius 2 is 1.70 bits per heavy atom. The Kier molecular flexibility index (Phi) is 8.42. The van der Waals surface area contributed by atoms with Crippen LogP contribution in [0.2, 0.25) is 0 Å². The van der Waals surface area contributed by atoms with Gasteiger partial charge in [0.2, 0.25) is 0 Å². The zero-order valence-corrected chi connectivity index (χ0v) is 26.4. The third-order valence-corrected chi connectivity index (χ3v) is 8.58. The SMILES string of the molecule is C/C(=C\c1cc(F)c2c(c1C)CCCO2)c1c(C)c2c(c(C)c1[C@H](OC(C)(C)C)C(=O)O)CN(C(=O)c1cccc(F)c1)C2. The molecular weight excluding hydrogens is 564 g/mol. The summed E-state index contributed by atoms with van der Waals surface area (Å²) in [5, 5.41) is 10.5. The molecule has 3 aromatic carbocycles. The molecule has 0 aromatic heterocycles. The van der Waals surface area contributed by atoms with Gasteiger partial charge in [-0.15, -0.1) is 0 Å². The molecular formula is C36H39F2NO5. The third-order valence-electron chi connectivity index (χ3n) is 8.58. The van der Waals surface area contributed by atoms with Crippen LogP contribution in [-0.4, -0.2) is 34.1 Å². The molecule has 0 radical (unpaired) electrons. The van der Waals surface area contributed by atoms with Gasteiger partial charge in [0.1, 0.15) is 5.82 Å². The first-order valence-corrected chi connectivity index (χ1v) is 14.9. The molecule has 5 rings (SSSR count). The number of benzene rings is 3. The highest BCUT2D eigenvalue weighted by Gasteiger charge is 2.36. The number of carbonyl (C=O) groups is 2. The van der Waals surface area contributed by atoms with E-state index in [9.17, 15) is 19.1 Å². The first kappa shape index (κ1) is 31.4. The second kappa shape index (κ2) is 11.8. The van der Waals surface area contributed by atoms with Gasteiger partial charge in [0.25, 0.3) is 5.91 Å². The van der Waals surface area contributed by atoms with Crippen molar-refractivity contribution in [2.75, 3.05) is 6.61 Å². The number of carboxylic acids is 1. The molecule has 3 aromatic rings. The maximum Gasteiger partial charge on any atom is 0.337 e. The van der Waals surface area contributed by atoms with E-state index in [0.29, 0.717) is 35.6 Å². The maximum absolute atomic E-state index is 15.2. The summed E-state index contributed by atoms with van der Waals surface area (Å²) in [6, 6.07) is 7.07. The number of hydrogen-bond acceptors (Lipinski definition) is 4. The second-order valence-electron chi connectivity index (χ2n) is 12.8. The van der Waals surface area contributed by atoms with E-state index >= 15 is 4.39 Å². The van der Waals surface area contributed by atoms with Crippen molar-refractivity contribution in [1.29, 1.82) is 0 Å². The molecule has 0 saturated carbocycles. The molecule has 1 atom stereocenters. The Bertz CT molecular complexity index is 1700. The lowest BCUT2D eigenvalue weighted by Gasteiger charge is -2.30. The maximum atomic E-state index is 15.2. The molecule has 1 N–H and O–H groups in total. The molecule has 2 heterocycles. The van der Waals surface area contributed by atoms with E-state index in [1.807, 2.05) is 54.5 Å². The normalized spacial score (nSPS) is 15.5. The minimum Gasteiger partial charge on any atom is -0.490 e. The van der Waals surface area contributed by atoms with Crippen LogP contribution < -0.4 is 4.74 Å². The Morgan fingerprint density at radius 1 is 1.02 bits per heavy atom. The number of aliphatic carboxylic acids is 1. The standard InChI is InChI=1S/C36H39F2NO5/c1-19(14-24-16-29(38)32-26(20(24)2)12-9-13-43-32)30-21(3)27-17-39(34(40)23-10-8-11-25(37)15-23)18-28(27)22(4)31(30)33(35(41)42)44-36(5,6)7/h8,10-11,14-16,33H,9,12-13,17-18H2,1-7H3,(H,41,42)/b19-14+/t33-/m0/s1. The fraction of sp³-hybridized carbons (Fsp3) is 0.389. The molecule has 1 amide bonds. The van der Waals surface area contributed by atoms with E-state index in [0.717, 1.165) is 51.8 Å². The van der Waals surface area contributed by atoms with Gasteiger partial charge in [0.05, 0.1) is 12.2 Å². The minimum absolute atomic E-state index is 0.248. The summed E-state index contributed by atoms with van der Waals surface area (Å²) in [5.74, 6) is -2.04. The van der Waals surface area contributed by atoms with Gasteiger partial charge in [-0.05, 0) is 130 Å². The first-order valence-electron chi connectivity index (χ1n) is 14.9. The first-order chi connectivity index (χ1) is 20.7. The van der Waals surface area contributed by atoms with Gasteiger partial charge in [-0.25, -0.2) is 13.6 Å². The average Bonchev–Trinajstić information content (AvgIpc) is 3.42. The van der Waals surface area contributed by atoms with Crippen molar-refractivity contribution >= 4 is 23.5 Å². The minimum atomic E-state index is -1.29. The average molecular weight is 604 g/mol. The smallest absolute Gasteiger partial charge is 0.337 e. The quantitative estimate of drug-likeness (QED) is 0.290. The van der Waals surface area contributed by atoms with Crippen LogP contribution in [0.5, 0.6) is 5.75 Å². The topological polar surface area (TPSA) is 76.1 Å². The molecule has 0 spiro atoms. The number of carboxylic acid groups (broad SMARTS) is 1. The van der Waals surface area contributed by atoms with Crippen molar-refractivity contribution in [2.45, 2.75) is 86.1 Å². The molecule has 44 heavy (non-hydrogen) atoms. The van der Waals surface area contributed by atoms with E-state index in [1.54, 1.807) is 11.0 Å². The van der Waals surface area contributed by atoms with E-state index in [2.05, 4.69) is 0 Å². The van der Waals surface area contributed by atoms with Crippen LogP contribution in [0.25, 0.3) is 11.6 Å². The number of rotatable bonds is 6. The number of halogens is 2. The Morgan fingerprint density at radius 3 is 2.34 bits per heavy atom. The molecule has 8 heteroatoms. The molecule has 0 saturated heterocycles. The molecule has 2 aliphatic heterocycles. The van der Waals surface area contributed by atoms with E-state index in [1.165, 1.54) is 24.3 Å². The zero-order valence-electron chi connectivity index (χ0n) is 26.4. The monoisotopic (exact) mass is 603 g/mol. The van der Waals surface area contributed by atoms with Crippen LogP contribution in [0, 0.1) is 32.4 Å². The summed E-state index contributed by atoms with van der Waals surface area (Å²) in [6.07, 6.45) is 2.13. The molecule has 0 unspecified atom stereocenters. The Balaban J connectivity index is 1.69. The number of amides is 1. The highest BCUT2D eigenvalue weighted by Crippen LogP contribution is 2.43. The van der Waals surface area contributed by atoms with Gasteiger partial charge < -0.3 is 19.5 Å². The van der Waals surface area contributed by atoms with Crippen molar-refractivity contribution in [1.82, 2.24) is 4.90 Å². The van der Waals surface area contributed by atoms with Crippen LogP contribution in [-0.2, 0) is 29.0 Å². The largest absolute Gasteiger partial charge is 0.490 e. The third kappa shape index (κ3) is 5.87. The number of carbonyl (C=O) groups excluding carboxylic acids is 1. The summed E-state index contributed by atoms with van der Waals surface area (Å²) < 4.78 is 40.9. The van der Waals surface area contributed by atoms with E-state index in [-0.39, 0.29) is 18.0 Å². The van der Waals surface area contributed by atoms with Crippen LogP contribution >= 0.6 is 0 Å². The summed E-state index contributed by atoms with van der Waals surface area (Å²) in [7, 11) is 0. The van der Waals surface area contributed by atoms with Crippen LogP contribution in [0.15, 0.2) is 30.3 Å². The van der Waals surface area contributed by atoms with Crippen molar-refractivity contribution in [3.63, 3.8) is 0 Å². The zero-order chi connectivity index (χ0) is 32.1. The van der Waals surface area contributed by atoms with Crippen LogP contribution in [0.1, 0.15) is 101 Å². The van der Waals surface area contributed by atoms with Crippen molar-refractivity contribution < 1.29 is 33.0 Å². The number of hydrogen-bond donors (Lipinski definition) is 1. The molecule has 2 aliphatic rings. The molecule has 0 bridgehead atoms. The summed E-state index contributed by atoms with van der Waals surface area (Å²) >= 11 is 0. The molecule has 6 nitrogen and oxygen atoms in total. The van der Waals surface area contributed by atoms with E-state index in [4.69, 9.17) is 9.47 Å². The fourth-order valence-corrected chi connectivity index (χ4v) is 6.53. The Hall–Kier alpha value is -4.04. The highest BCUT2D eigenvalue weighted by atomic mass is 19.1. The lowest BCUT2D eigenvalue weighted by Crippen LogP contribution is -2.29. The fourth-order valence-electron chi connectivity index (χ4n) is 6.53. The van der Waals surface area contributed by atoms with Crippen LogP contribution in [0.3, 0.4) is 0 Å². The number of fused-ring (bicyclic) bond motifs is 2. The number of nitrogens with zero attached hydrogens (tertiary/aromatic N) is 1. The summed E-state index contributed by atoms with van der Waals surface area (Å²) in [4.78, 5) is 27.9. The Labute approximate surface area is 257 Å². The molecule has 0 fully saturated rings.